The Morgan fingerprint density at radius 2 is 1.95 bits per heavy atom. The molecule has 0 saturated heterocycles. The number of benzene rings is 1. The summed E-state index contributed by atoms with van der Waals surface area (Å²) in [4.78, 5) is 5.54. The minimum Gasteiger partial charge on any atom is -0.338 e. The maximum Gasteiger partial charge on any atom is 0.244 e. The molecule has 0 aliphatic carbocycles. The minimum absolute atomic E-state index is 0.0946. The van der Waals surface area contributed by atoms with Crippen molar-refractivity contribution in [1.82, 2.24) is 10.1 Å². The Balaban J connectivity index is 1.98. The van der Waals surface area contributed by atoms with Crippen molar-refractivity contribution in [2.24, 2.45) is 11.1 Å². The van der Waals surface area contributed by atoms with Crippen LogP contribution < -0.4 is 5.73 Å². The summed E-state index contributed by atoms with van der Waals surface area (Å²) in [5.41, 5.74) is 6.01. The highest BCUT2D eigenvalue weighted by Gasteiger charge is 2.27. The Morgan fingerprint density at radius 1 is 1.30 bits per heavy atom. The fourth-order valence-electron chi connectivity index (χ4n) is 1.50. The Hall–Kier alpha value is -0.850. The van der Waals surface area contributed by atoms with Crippen molar-refractivity contribution in [2.45, 2.75) is 37.5 Å². The summed E-state index contributed by atoms with van der Waals surface area (Å²) in [5, 5.41) is 3.99. The van der Waals surface area contributed by atoms with Crippen molar-refractivity contribution in [3.05, 3.63) is 40.5 Å². The van der Waals surface area contributed by atoms with Crippen molar-refractivity contribution >= 4 is 27.7 Å². The third kappa shape index (κ3) is 4.07. The second-order valence-electron chi connectivity index (χ2n) is 5.64. The maximum absolute atomic E-state index is 6.10. The van der Waals surface area contributed by atoms with Gasteiger partial charge < -0.3 is 10.3 Å². The molecule has 20 heavy (non-hydrogen) atoms. The lowest BCUT2D eigenvalue weighted by Crippen LogP contribution is -2.26. The predicted molar refractivity (Wildman–Crippen MR) is 84.4 cm³/mol. The van der Waals surface area contributed by atoms with Crippen molar-refractivity contribution in [3.8, 4) is 0 Å². The van der Waals surface area contributed by atoms with Gasteiger partial charge in [0.1, 0.15) is 0 Å². The molecule has 0 saturated carbocycles. The molecular formula is C14H18BrN3OS. The molecule has 4 nitrogen and oxygen atoms in total. The van der Waals surface area contributed by atoms with Gasteiger partial charge in [-0.2, -0.15) is 4.98 Å². The fraction of sp³-hybridized carbons (Fsp3) is 0.429. The number of hydrogen-bond donors (Lipinski definition) is 1. The van der Waals surface area contributed by atoms with Crippen LogP contribution in [0.5, 0.6) is 0 Å². The van der Waals surface area contributed by atoms with E-state index in [0.29, 0.717) is 17.5 Å². The van der Waals surface area contributed by atoms with Gasteiger partial charge in [-0.15, -0.1) is 11.8 Å². The first-order valence-electron chi connectivity index (χ1n) is 6.32. The van der Waals surface area contributed by atoms with Crippen LogP contribution in [0.25, 0.3) is 0 Å². The molecule has 0 radical (unpaired) electrons. The Bertz CT molecular complexity index is 563. The van der Waals surface area contributed by atoms with Crippen molar-refractivity contribution in [1.29, 1.82) is 0 Å². The fourth-order valence-corrected chi connectivity index (χ4v) is 2.51. The first-order chi connectivity index (χ1) is 9.36. The second-order valence-corrected chi connectivity index (χ2v) is 7.60. The zero-order chi connectivity index (χ0) is 14.8. The lowest BCUT2D eigenvalue weighted by atomic mass is 9.87. The first kappa shape index (κ1) is 15.5. The van der Waals surface area contributed by atoms with Crippen LogP contribution in [0.4, 0.5) is 0 Å². The summed E-state index contributed by atoms with van der Waals surface area (Å²) in [7, 11) is 0. The molecule has 1 heterocycles. The number of rotatable bonds is 4. The molecule has 0 aliphatic heterocycles. The molecule has 0 spiro atoms. The molecule has 0 bridgehead atoms. The van der Waals surface area contributed by atoms with Gasteiger partial charge in [-0.3, -0.25) is 0 Å². The van der Waals surface area contributed by atoms with Gasteiger partial charge in [0.05, 0.1) is 11.8 Å². The minimum atomic E-state index is -0.249. The van der Waals surface area contributed by atoms with E-state index in [1.807, 2.05) is 12.1 Å². The number of aromatic nitrogens is 2. The quantitative estimate of drug-likeness (QED) is 0.833. The summed E-state index contributed by atoms with van der Waals surface area (Å²) in [6.07, 6.45) is 0. The Kier molecular flexibility index (Phi) is 4.88. The normalized spacial score (nSPS) is 13.4. The lowest BCUT2D eigenvalue weighted by Gasteiger charge is -2.23. The molecule has 0 aliphatic rings. The predicted octanol–water partition coefficient (Wildman–Crippen LogP) is 4.17. The van der Waals surface area contributed by atoms with E-state index < -0.39 is 0 Å². The molecule has 1 aromatic heterocycles. The van der Waals surface area contributed by atoms with E-state index in [-0.39, 0.29) is 11.5 Å². The van der Waals surface area contributed by atoms with E-state index in [2.05, 4.69) is 59.0 Å². The summed E-state index contributed by atoms with van der Waals surface area (Å²) in [6, 6.07) is 7.88. The maximum atomic E-state index is 6.10. The van der Waals surface area contributed by atoms with E-state index in [1.165, 1.54) is 4.90 Å². The number of thioether (sulfide) groups is 1. The van der Waals surface area contributed by atoms with E-state index in [1.54, 1.807) is 11.8 Å². The lowest BCUT2D eigenvalue weighted by molar-refractivity contribution is 0.252. The molecule has 2 aromatic rings. The first-order valence-corrected chi connectivity index (χ1v) is 8.10. The zero-order valence-electron chi connectivity index (χ0n) is 11.8. The number of nitrogens with two attached hydrogens (primary N) is 1. The van der Waals surface area contributed by atoms with E-state index in [9.17, 15) is 0 Å². The zero-order valence-corrected chi connectivity index (χ0v) is 14.2. The van der Waals surface area contributed by atoms with Gasteiger partial charge in [-0.05, 0) is 29.7 Å². The molecule has 0 fully saturated rings. The van der Waals surface area contributed by atoms with E-state index in [0.717, 1.165) is 4.47 Å². The van der Waals surface area contributed by atoms with Gasteiger partial charge in [-0.25, -0.2) is 0 Å². The van der Waals surface area contributed by atoms with E-state index >= 15 is 0 Å². The highest BCUT2D eigenvalue weighted by Crippen LogP contribution is 2.30. The van der Waals surface area contributed by atoms with Gasteiger partial charge in [0.25, 0.3) is 0 Å². The molecule has 1 atom stereocenters. The highest BCUT2D eigenvalue weighted by molar-refractivity contribution is 9.10. The van der Waals surface area contributed by atoms with Crippen LogP contribution in [-0.2, 0) is 5.75 Å². The number of nitrogens with zero attached hydrogens (tertiary/aromatic N) is 2. The summed E-state index contributed by atoms with van der Waals surface area (Å²) in [6.45, 7) is 6.16. The standard InChI is InChI=1S/C14H18BrN3OS/c1-14(2,3)12(16)13-17-11(18-19-13)8-20-10-6-4-9(15)5-7-10/h4-7,12H,8,16H2,1-3H3. The molecule has 1 unspecified atom stereocenters. The van der Waals surface area contributed by atoms with Crippen LogP contribution in [0, 0.1) is 5.41 Å². The van der Waals surface area contributed by atoms with Crippen LogP contribution in [0.3, 0.4) is 0 Å². The SMILES string of the molecule is CC(C)(C)C(N)c1nc(CSc2ccc(Br)cc2)no1. The van der Waals surface area contributed by atoms with Crippen molar-refractivity contribution in [3.63, 3.8) is 0 Å². The summed E-state index contributed by atoms with van der Waals surface area (Å²) < 4.78 is 6.32. The Morgan fingerprint density at radius 3 is 2.55 bits per heavy atom. The van der Waals surface area contributed by atoms with Gasteiger partial charge in [0.15, 0.2) is 5.82 Å². The van der Waals surface area contributed by atoms with Crippen LogP contribution in [0.2, 0.25) is 0 Å². The third-order valence-electron chi connectivity index (χ3n) is 2.86. The van der Waals surface area contributed by atoms with Crippen LogP contribution >= 0.6 is 27.7 Å². The third-order valence-corrected chi connectivity index (χ3v) is 4.40. The summed E-state index contributed by atoms with van der Waals surface area (Å²) >= 11 is 5.08. The molecule has 108 valence electrons. The Labute approximate surface area is 131 Å². The van der Waals surface area contributed by atoms with Crippen LogP contribution in [0.15, 0.2) is 38.2 Å². The topological polar surface area (TPSA) is 64.9 Å². The van der Waals surface area contributed by atoms with Gasteiger partial charge >= 0.3 is 0 Å². The van der Waals surface area contributed by atoms with Crippen LogP contribution in [0.1, 0.15) is 38.5 Å². The van der Waals surface area contributed by atoms with Crippen molar-refractivity contribution < 1.29 is 4.52 Å². The van der Waals surface area contributed by atoms with Gasteiger partial charge in [0, 0.05) is 9.37 Å². The molecular weight excluding hydrogens is 338 g/mol. The molecule has 1 aromatic carbocycles. The highest BCUT2D eigenvalue weighted by atomic mass is 79.9. The van der Waals surface area contributed by atoms with Gasteiger partial charge in [-0.1, -0.05) is 41.9 Å². The average Bonchev–Trinajstić information content (AvgIpc) is 2.85. The van der Waals surface area contributed by atoms with Gasteiger partial charge in [0.2, 0.25) is 5.89 Å². The molecule has 2 rings (SSSR count). The van der Waals surface area contributed by atoms with E-state index in [4.69, 9.17) is 10.3 Å². The summed E-state index contributed by atoms with van der Waals surface area (Å²) in [5.74, 6) is 1.85. The largest absolute Gasteiger partial charge is 0.338 e. The van der Waals surface area contributed by atoms with Crippen LogP contribution in [-0.4, -0.2) is 10.1 Å². The molecule has 6 heteroatoms. The second kappa shape index (κ2) is 6.28. The van der Waals surface area contributed by atoms with Crippen molar-refractivity contribution in [2.75, 3.05) is 0 Å². The number of hydrogen-bond acceptors (Lipinski definition) is 5. The average molecular weight is 356 g/mol. The smallest absolute Gasteiger partial charge is 0.244 e. The number of halogens is 1. The molecule has 2 N–H and O–H groups in total. The monoisotopic (exact) mass is 355 g/mol. The molecule has 0 amide bonds.